The largest absolute Gasteiger partial charge is 0.329 e. The molecule has 0 aromatic rings. The third kappa shape index (κ3) is 16.4. The molecule has 0 aromatic heterocycles. The lowest BCUT2D eigenvalue weighted by Crippen LogP contribution is -1.95. The van der Waals surface area contributed by atoms with E-state index in [0.717, 1.165) is 19.3 Å². The first-order valence-electron chi connectivity index (χ1n) is 8.56. The van der Waals surface area contributed by atoms with Gasteiger partial charge in [-0.05, 0) is 12.8 Å². The molecule has 20 heavy (non-hydrogen) atoms. The van der Waals surface area contributed by atoms with Crippen molar-refractivity contribution in [3.8, 4) is 0 Å². The molecule has 4 heteroatoms. The van der Waals surface area contributed by atoms with Crippen LogP contribution in [0.5, 0.6) is 0 Å². The van der Waals surface area contributed by atoms with Gasteiger partial charge >= 0.3 is 8.60 Å². The molecule has 0 aliphatic rings. The number of hydrogen-bond donors (Lipinski definition) is 1. The molecule has 1 unspecified atom stereocenters. The van der Waals surface area contributed by atoms with Gasteiger partial charge in [0, 0.05) is 0 Å². The van der Waals surface area contributed by atoms with Crippen LogP contribution in [0.15, 0.2) is 0 Å². The topological polar surface area (TPSA) is 38.7 Å². The SMILES string of the molecule is CCCCCCCCCCCCOP(O)OCCCC. The van der Waals surface area contributed by atoms with Gasteiger partial charge in [-0.15, -0.1) is 0 Å². The number of rotatable bonds is 16. The summed E-state index contributed by atoms with van der Waals surface area (Å²) in [6, 6.07) is 0. The van der Waals surface area contributed by atoms with Gasteiger partial charge in [-0.2, -0.15) is 0 Å². The summed E-state index contributed by atoms with van der Waals surface area (Å²) in [5.41, 5.74) is 0. The fourth-order valence-corrected chi connectivity index (χ4v) is 2.70. The molecule has 1 N–H and O–H groups in total. The monoisotopic (exact) mass is 306 g/mol. The van der Waals surface area contributed by atoms with E-state index < -0.39 is 8.60 Å². The molecule has 0 heterocycles. The van der Waals surface area contributed by atoms with Gasteiger partial charge in [-0.1, -0.05) is 78.1 Å². The third-order valence-electron chi connectivity index (χ3n) is 3.40. The van der Waals surface area contributed by atoms with Crippen molar-refractivity contribution in [1.29, 1.82) is 0 Å². The Morgan fingerprint density at radius 3 is 1.50 bits per heavy atom. The second-order valence-corrected chi connectivity index (χ2v) is 6.43. The van der Waals surface area contributed by atoms with Crippen molar-refractivity contribution in [3.05, 3.63) is 0 Å². The molecule has 0 amide bonds. The standard InChI is InChI=1S/C16H35O3P/c1-3-5-7-8-9-10-11-12-13-14-16-19-20(17)18-15-6-4-2/h17H,3-16H2,1-2H3. The van der Waals surface area contributed by atoms with Crippen LogP contribution in [0.25, 0.3) is 0 Å². The van der Waals surface area contributed by atoms with Crippen molar-refractivity contribution >= 4 is 8.60 Å². The highest BCUT2D eigenvalue weighted by molar-refractivity contribution is 7.40. The van der Waals surface area contributed by atoms with Crippen LogP contribution in [0, 0.1) is 0 Å². The molecular weight excluding hydrogens is 271 g/mol. The molecule has 0 radical (unpaired) electrons. The molecule has 1 atom stereocenters. The molecular formula is C16H35O3P. The fourth-order valence-electron chi connectivity index (χ4n) is 2.06. The third-order valence-corrected chi connectivity index (χ3v) is 4.21. The Labute approximate surface area is 127 Å². The minimum absolute atomic E-state index is 0.608. The quantitative estimate of drug-likeness (QED) is 0.282. The van der Waals surface area contributed by atoms with Crippen LogP contribution < -0.4 is 0 Å². The molecule has 0 saturated heterocycles. The molecule has 0 saturated carbocycles. The molecule has 0 spiro atoms. The minimum Gasteiger partial charge on any atom is -0.328 e. The van der Waals surface area contributed by atoms with E-state index in [-0.39, 0.29) is 0 Å². The van der Waals surface area contributed by atoms with Crippen molar-refractivity contribution < 1.29 is 13.9 Å². The lowest BCUT2D eigenvalue weighted by molar-refractivity contribution is 0.195. The van der Waals surface area contributed by atoms with E-state index in [2.05, 4.69) is 13.8 Å². The van der Waals surface area contributed by atoms with E-state index in [1.165, 1.54) is 57.8 Å². The van der Waals surface area contributed by atoms with E-state index in [9.17, 15) is 4.89 Å². The second-order valence-electron chi connectivity index (χ2n) is 5.44. The summed E-state index contributed by atoms with van der Waals surface area (Å²) >= 11 is 0. The number of unbranched alkanes of at least 4 members (excludes halogenated alkanes) is 10. The lowest BCUT2D eigenvalue weighted by Gasteiger charge is -2.10. The Morgan fingerprint density at radius 1 is 0.600 bits per heavy atom. The van der Waals surface area contributed by atoms with Crippen molar-refractivity contribution in [2.75, 3.05) is 13.2 Å². The summed E-state index contributed by atoms with van der Waals surface area (Å²) in [5.74, 6) is 0. The van der Waals surface area contributed by atoms with E-state index >= 15 is 0 Å². The van der Waals surface area contributed by atoms with Crippen LogP contribution in [-0.2, 0) is 9.05 Å². The van der Waals surface area contributed by atoms with Gasteiger partial charge in [-0.25, -0.2) is 0 Å². The van der Waals surface area contributed by atoms with E-state index in [1.54, 1.807) is 0 Å². The van der Waals surface area contributed by atoms with Gasteiger partial charge in [0.15, 0.2) is 0 Å². The Balaban J connectivity index is 3.05. The molecule has 0 aliphatic heterocycles. The Bertz CT molecular complexity index is 179. The van der Waals surface area contributed by atoms with Crippen LogP contribution in [0.4, 0.5) is 0 Å². The minimum atomic E-state index is -1.63. The van der Waals surface area contributed by atoms with Crippen LogP contribution in [0.2, 0.25) is 0 Å². The highest BCUT2D eigenvalue weighted by atomic mass is 31.2. The van der Waals surface area contributed by atoms with Crippen molar-refractivity contribution in [2.24, 2.45) is 0 Å². The zero-order chi connectivity index (χ0) is 14.9. The van der Waals surface area contributed by atoms with Crippen molar-refractivity contribution in [3.63, 3.8) is 0 Å². The molecule has 0 aromatic carbocycles. The van der Waals surface area contributed by atoms with Gasteiger partial charge in [0.2, 0.25) is 0 Å². The van der Waals surface area contributed by atoms with Crippen LogP contribution >= 0.6 is 8.60 Å². The summed E-state index contributed by atoms with van der Waals surface area (Å²) in [5, 5.41) is 0. The van der Waals surface area contributed by atoms with Crippen molar-refractivity contribution in [1.82, 2.24) is 0 Å². The van der Waals surface area contributed by atoms with Gasteiger partial charge in [-0.3, -0.25) is 0 Å². The molecule has 0 fully saturated rings. The number of hydrogen-bond acceptors (Lipinski definition) is 3. The maximum Gasteiger partial charge on any atom is 0.329 e. The first kappa shape index (κ1) is 20.3. The highest BCUT2D eigenvalue weighted by Gasteiger charge is 2.05. The van der Waals surface area contributed by atoms with Gasteiger partial charge in [0.1, 0.15) is 0 Å². The Morgan fingerprint density at radius 2 is 1.00 bits per heavy atom. The van der Waals surface area contributed by atoms with E-state index in [0.29, 0.717) is 13.2 Å². The average Bonchev–Trinajstić information content (AvgIpc) is 2.45. The molecule has 0 aliphatic carbocycles. The maximum absolute atomic E-state index is 9.44. The smallest absolute Gasteiger partial charge is 0.328 e. The normalized spacial score (nSPS) is 12.8. The van der Waals surface area contributed by atoms with Gasteiger partial charge in [0.05, 0.1) is 13.2 Å². The van der Waals surface area contributed by atoms with Gasteiger partial charge < -0.3 is 13.9 Å². The summed E-state index contributed by atoms with van der Waals surface area (Å²) < 4.78 is 10.4. The first-order valence-corrected chi connectivity index (χ1v) is 9.69. The summed E-state index contributed by atoms with van der Waals surface area (Å²) in [6.45, 7) is 5.60. The molecule has 0 bridgehead atoms. The van der Waals surface area contributed by atoms with Crippen LogP contribution in [-0.4, -0.2) is 18.1 Å². The predicted molar refractivity (Wildman–Crippen MR) is 87.8 cm³/mol. The Kier molecular flexibility index (Phi) is 17.6. The molecule has 122 valence electrons. The Hall–Kier alpha value is 0.310. The lowest BCUT2D eigenvalue weighted by atomic mass is 10.1. The van der Waals surface area contributed by atoms with E-state index in [1.807, 2.05) is 0 Å². The zero-order valence-corrected chi connectivity index (χ0v) is 14.5. The van der Waals surface area contributed by atoms with Crippen LogP contribution in [0.1, 0.15) is 90.9 Å². The summed E-state index contributed by atoms with van der Waals surface area (Å²) in [6.07, 6.45) is 15.2. The second kappa shape index (κ2) is 17.4. The van der Waals surface area contributed by atoms with Gasteiger partial charge in [0.25, 0.3) is 0 Å². The summed E-state index contributed by atoms with van der Waals surface area (Å²) in [7, 11) is -1.63. The molecule has 3 nitrogen and oxygen atoms in total. The summed E-state index contributed by atoms with van der Waals surface area (Å²) in [4.78, 5) is 9.44. The zero-order valence-electron chi connectivity index (χ0n) is 13.6. The molecule has 0 rings (SSSR count). The highest BCUT2D eigenvalue weighted by Crippen LogP contribution is 2.33. The van der Waals surface area contributed by atoms with Crippen molar-refractivity contribution in [2.45, 2.75) is 90.9 Å². The predicted octanol–water partition coefficient (Wildman–Crippen LogP) is 5.96. The average molecular weight is 306 g/mol. The fraction of sp³-hybridized carbons (Fsp3) is 1.00. The maximum atomic E-state index is 9.44. The van der Waals surface area contributed by atoms with Crippen LogP contribution in [0.3, 0.4) is 0 Å². The first-order chi connectivity index (χ1) is 9.81. The van der Waals surface area contributed by atoms with E-state index in [4.69, 9.17) is 9.05 Å².